The summed E-state index contributed by atoms with van der Waals surface area (Å²) in [6.45, 7) is 0.671. The average molecular weight is 335 g/mol. The molecule has 7 heteroatoms. The standard InChI is InChI=1S/C16H15ClN2O4/c17-13(10-4-3-7-18(8-10)16(22)23)9-19-14(20)11-5-1-2-6-12(11)15(19)21/h1-2,5-6H,3-4,7-9H2,(H,22,23). The van der Waals surface area contributed by atoms with Crippen LogP contribution in [-0.4, -0.2) is 52.4 Å². The highest BCUT2D eigenvalue weighted by Gasteiger charge is 2.35. The van der Waals surface area contributed by atoms with E-state index in [1.165, 1.54) is 4.90 Å². The highest BCUT2D eigenvalue weighted by atomic mass is 35.5. The molecule has 1 aromatic carbocycles. The summed E-state index contributed by atoms with van der Waals surface area (Å²) in [6, 6.07) is 6.64. The van der Waals surface area contributed by atoms with E-state index >= 15 is 0 Å². The lowest BCUT2D eigenvalue weighted by Gasteiger charge is -2.27. The second-order valence-corrected chi connectivity index (χ2v) is 6.01. The number of amides is 3. The Labute approximate surface area is 137 Å². The molecule has 2 aliphatic heterocycles. The van der Waals surface area contributed by atoms with Gasteiger partial charge in [0.2, 0.25) is 0 Å². The van der Waals surface area contributed by atoms with Crippen LogP contribution in [0, 0.1) is 0 Å². The second-order valence-electron chi connectivity index (χ2n) is 5.56. The zero-order valence-corrected chi connectivity index (χ0v) is 13.0. The summed E-state index contributed by atoms with van der Waals surface area (Å²) in [5.41, 5.74) is 1.52. The number of hydrogen-bond acceptors (Lipinski definition) is 3. The average Bonchev–Trinajstić information content (AvgIpc) is 2.80. The molecule has 120 valence electrons. The van der Waals surface area contributed by atoms with Crippen molar-refractivity contribution < 1.29 is 19.5 Å². The van der Waals surface area contributed by atoms with Crippen molar-refractivity contribution in [3.8, 4) is 0 Å². The SMILES string of the molecule is O=C(O)N1CCCC(=C(Cl)CN2C(=O)c3ccccc3C2=O)C1. The van der Waals surface area contributed by atoms with Gasteiger partial charge in [0.1, 0.15) is 0 Å². The minimum absolute atomic E-state index is 0.0172. The lowest BCUT2D eigenvalue weighted by atomic mass is 10.0. The first-order chi connectivity index (χ1) is 11.0. The Balaban J connectivity index is 1.80. The van der Waals surface area contributed by atoms with Crippen molar-refractivity contribution in [1.29, 1.82) is 0 Å². The minimum atomic E-state index is -0.993. The lowest BCUT2D eigenvalue weighted by molar-refractivity contribution is 0.0669. The van der Waals surface area contributed by atoms with Gasteiger partial charge in [-0.2, -0.15) is 0 Å². The van der Waals surface area contributed by atoms with Crippen LogP contribution in [0.5, 0.6) is 0 Å². The molecule has 23 heavy (non-hydrogen) atoms. The van der Waals surface area contributed by atoms with E-state index in [4.69, 9.17) is 16.7 Å². The smallest absolute Gasteiger partial charge is 0.407 e. The maximum atomic E-state index is 12.3. The van der Waals surface area contributed by atoms with Gasteiger partial charge in [0, 0.05) is 18.1 Å². The maximum absolute atomic E-state index is 12.3. The molecule has 0 atom stereocenters. The zero-order chi connectivity index (χ0) is 16.6. The highest BCUT2D eigenvalue weighted by molar-refractivity contribution is 6.31. The molecule has 2 aliphatic rings. The molecule has 3 amide bonds. The van der Waals surface area contributed by atoms with Gasteiger partial charge < -0.3 is 10.0 Å². The first-order valence-corrected chi connectivity index (χ1v) is 7.66. The summed E-state index contributed by atoms with van der Waals surface area (Å²) in [5, 5.41) is 9.43. The van der Waals surface area contributed by atoms with Gasteiger partial charge in [0.05, 0.1) is 17.7 Å². The number of imide groups is 1. The molecule has 1 fully saturated rings. The Morgan fingerprint density at radius 2 is 1.78 bits per heavy atom. The van der Waals surface area contributed by atoms with Gasteiger partial charge in [0.15, 0.2) is 0 Å². The molecular weight excluding hydrogens is 320 g/mol. The molecule has 0 bridgehead atoms. The van der Waals surface area contributed by atoms with Crippen LogP contribution in [0.2, 0.25) is 0 Å². The monoisotopic (exact) mass is 334 g/mol. The van der Waals surface area contributed by atoms with Gasteiger partial charge in [-0.1, -0.05) is 23.7 Å². The number of piperidine rings is 1. The van der Waals surface area contributed by atoms with E-state index in [1.54, 1.807) is 24.3 Å². The third-order valence-electron chi connectivity index (χ3n) is 4.12. The predicted octanol–water partition coefficient (Wildman–Crippen LogP) is 2.55. The first-order valence-electron chi connectivity index (χ1n) is 7.28. The molecule has 1 saturated heterocycles. The van der Waals surface area contributed by atoms with Crippen molar-refractivity contribution in [2.45, 2.75) is 12.8 Å². The number of halogens is 1. The van der Waals surface area contributed by atoms with E-state index in [2.05, 4.69) is 0 Å². The van der Waals surface area contributed by atoms with Crippen molar-refractivity contribution in [3.63, 3.8) is 0 Å². The predicted molar refractivity (Wildman–Crippen MR) is 83.5 cm³/mol. The Morgan fingerprint density at radius 3 is 2.35 bits per heavy atom. The first kappa shape index (κ1) is 15.6. The molecule has 2 heterocycles. The number of carboxylic acid groups (broad SMARTS) is 1. The van der Waals surface area contributed by atoms with Crippen LogP contribution in [0.25, 0.3) is 0 Å². The van der Waals surface area contributed by atoms with E-state index in [-0.39, 0.29) is 24.9 Å². The van der Waals surface area contributed by atoms with E-state index in [0.717, 1.165) is 10.5 Å². The highest BCUT2D eigenvalue weighted by Crippen LogP contribution is 2.27. The van der Waals surface area contributed by atoms with E-state index < -0.39 is 6.09 Å². The van der Waals surface area contributed by atoms with Crippen LogP contribution < -0.4 is 0 Å². The Kier molecular flexibility index (Phi) is 4.09. The second kappa shape index (κ2) is 6.04. The van der Waals surface area contributed by atoms with Crippen LogP contribution >= 0.6 is 11.6 Å². The van der Waals surface area contributed by atoms with Crippen molar-refractivity contribution in [3.05, 3.63) is 46.0 Å². The topological polar surface area (TPSA) is 77.9 Å². The number of nitrogens with zero attached hydrogens (tertiary/aromatic N) is 2. The molecule has 0 aliphatic carbocycles. The van der Waals surface area contributed by atoms with Crippen LogP contribution in [0.4, 0.5) is 4.79 Å². The molecule has 0 aromatic heterocycles. The minimum Gasteiger partial charge on any atom is -0.465 e. The van der Waals surface area contributed by atoms with Crippen molar-refractivity contribution in [1.82, 2.24) is 9.80 Å². The van der Waals surface area contributed by atoms with E-state index in [0.29, 0.717) is 35.5 Å². The Morgan fingerprint density at radius 1 is 1.17 bits per heavy atom. The van der Waals surface area contributed by atoms with E-state index in [9.17, 15) is 14.4 Å². The van der Waals surface area contributed by atoms with Gasteiger partial charge in [-0.25, -0.2) is 4.79 Å². The van der Waals surface area contributed by atoms with Crippen molar-refractivity contribution in [2.24, 2.45) is 0 Å². The number of rotatable bonds is 2. The van der Waals surface area contributed by atoms with Gasteiger partial charge >= 0.3 is 6.09 Å². The number of fused-ring (bicyclic) bond motifs is 1. The van der Waals surface area contributed by atoms with Gasteiger partial charge in [-0.05, 0) is 30.5 Å². The molecule has 0 unspecified atom stereocenters. The normalized spacial score (nSPS) is 19.9. The lowest BCUT2D eigenvalue weighted by Crippen LogP contribution is -2.37. The third-order valence-corrected chi connectivity index (χ3v) is 4.50. The Hall–Kier alpha value is -2.34. The van der Waals surface area contributed by atoms with Gasteiger partial charge in [0.25, 0.3) is 11.8 Å². The molecular formula is C16H15ClN2O4. The molecule has 0 radical (unpaired) electrons. The summed E-state index contributed by atoms with van der Waals surface area (Å²) < 4.78 is 0. The quantitative estimate of drug-likeness (QED) is 0.843. The summed E-state index contributed by atoms with van der Waals surface area (Å²) in [7, 11) is 0. The van der Waals surface area contributed by atoms with Crippen LogP contribution in [0.1, 0.15) is 33.6 Å². The molecule has 1 aromatic rings. The van der Waals surface area contributed by atoms with E-state index in [1.807, 2.05) is 0 Å². The molecule has 0 spiro atoms. The third kappa shape index (κ3) is 2.82. The number of benzene rings is 1. The van der Waals surface area contributed by atoms with Crippen LogP contribution in [0.3, 0.4) is 0 Å². The number of likely N-dealkylation sites (tertiary alicyclic amines) is 1. The van der Waals surface area contributed by atoms with Crippen molar-refractivity contribution >= 4 is 29.5 Å². The van der Waals surface area contributed by atoms with Crippen LogP contribution in [0.15, 0.2) is 34.9 Å². The molecule has 6 nitrogen and oxygen atoms in total. The molecule has 0 saturated carbocycles. The maximum Gasteiger partial charge on any atom is 0.407 e. The molecule has 3 rings (SSSR count). The summed E-state index contributed by atoms with van der Waals surface area (Å²) >= 11 is 6.30. The summed E-state index contributed by atoms with van der Waals surface area (Å²) in [5.74, 6) is -0.731. The number of carbonyl (C=O) groups excluding carboxylic acids is 2. The van der Waals surface area contributed by atoms with Gasteiger partial charge in [-0.3, -0.25) is 14.5 Å². The fourth-order valence-corrected chi connectivity index (χ4v) is 3.16. The van der Waals surface area contributed by atoms with Gasteiger partial charge in [-0.15, -0.1) is 0 Å². The van der Waals surface area contributed by atoms with Crippen LogP contribution in [-0.2, 0) is 0 Å². The fourth-order valence-electron chi connectivity index (χ4n) is 2.89. The zero-order valence-electron chi connectivity index (χ0n) is 12.3. The summed E-state index contributed by atoms with van der Waals surface area (Å²) in [4.78, 5) is 38.1. The number of hydrogen-bond donors (Lipinski definition) is 1. The number of carbonyl (C=O) groups is 3. The largest absolute Gasteiger partial charge is 0.465 e. The summed E-state index contributed by atoms with van der Waals surface area (Å²) in [6.07, 6.45) is 0.360. The Bertz CT molecular complexity index is 694. The molecule has 1 N–H and O–H groups in total. The fraction of sp³-hybridized carbons (Fsp3) is 0.312. The van der Waals surface area contributed by atoms with Crippen molar-refractivity contribution in [2.75, 3.05) is 19.6 Å².